The van der Waals surface area contributed by atoms with Gasteiger partial charge in [0.15, 0.2) is 0 Å². The zero-order chi connectivity index (χ0) is 14.7. The van der Waals surface area contributed by atoms with E-state index in [-0.39, 0.29) is 36.2 Å². The summed E-state index contributed by atoms with van der Waals surface area (Å²) in [7, 11) is 1.64. The van der Waals surface area contributed by atoms with Crippen molar-refractivity contribution >= 4 is 24.2 Å². The molecule has 0 spiro atoms. The Kier molecular flexibility index (Phi) is 12.8. The number of methoxy groups -OCH3 is 1. The maximum absolute atomic E-state index is 11.5. The highest BCUT2D eigenvalue weighted by Crippen LogP contribution is 2.17. The molecule has 0 aliphatic carbocycles. The summed E-state index contributed by atoms with van der Waals surface area (Å²) in [6.45, 7) is 8.62. The van der Waals surface area contributed by atoms with E-state index in [2.05, 4.69) is 16.0 Å². The lowest BCUT2D eigenvalue weighted by Crippen LogP contribution is -2.40. The summed E-state index contributed by atoms with van der Waals surface area (Å²) >= 11 is 0. The Morgan fingerprint density at radius 3 is 2.20 bits per heavy atom. The molecule has 20 heavy (non-hydrogen) atoms. The molecule has 3 N–H and O–H groups in total. The first-order valence-electron chi connectivity index (χ1n) is 6.58. The van der Waals surface area contributed by atoms with Gasteiger partial charge in [-0.3, -0.25) is 9.59 Å². The van der Waals surface area contributed by atoms with E-state index in [1.54, 1.807) is 7.11 Å². The number of hydrogen-bond acceptors (Lipinski definition) is 4. The fourth-order valence-electron chi connectivity index (χ4n) is 1.38. The van der Waals surface area contributed by atoms with E-state index < -0.39 is 0 Å². The van der Waals surface area contributed by atoms with Gasteiger partial charge in [0.05, 0.1) is 13.2 Å². The van der Waals surface area contributed by atoms with Crippen molar-refractivity contribution in [2.75, 3.05) is 39.9 Å². The van der Waals surface area contributed by atoms with Gasteiger partial charge < -0.3 is 20.7 Å². The number of carbonyl (C=O) groups excluding carboxylic acids is 2. The topological polar surface area (TPSA) is 79.5 Å². The van der Waals surface area contributed by atoms with Gasteiger partial charge >= 0.3 is 0 Å². The Bertz CT molecular complexity index is 281. The number of rotatable bonds is 9. The molecule has 2 amide bonds. The average Bonchev–Trinajstić information content (AvgIpc) is 2.29. The molecule has 0 aromatic heterocycles. The van der Waals surface area contributed by atoms with Crippen LogP contribution in [-0.4, -0.2) is 51.7 Å². The molecule has 0 rings (SSSR count). The van der Waals surface area contributed by atoms with E-state index in [0.717, 1.165) is 6.54 Å². The van der Waals surface area contributed by atoms with Crippen LogP contribution in [0, 0.1) is 5.41 Å². The molecule has 0 aliphatic heterocycles. The van der Waals surface area contributed by atoms with E-state index in [1.807, 2.05) is 20.8 Å². The highest BCUT2D eigenvalue weighted by molar-refractivity contribution is 5.85. The molecular formula is C13H28ClN3O3. The molecule has 0 saturated heterocycles. The number of halogens is 1. The third-order valence-electron chi connectivity index (χ3n) is 2.24. The van der Waals surface area contributed by atoms with E-state index in [9.17, 15) is 9.59 Å². The van der Waals surface area contributed by atoms with Gasteiger partial charge in [-0.05, 0) is 5.41 Å². The average molecular weight is 310 g/mol. The minimum Gasteiger partial charge on any atom is -0.383 e. The molecule has 0 aromatic rings. The lowest BCUT2D eigenvalue weighted by molar-refractivity contribution is -0.127. The summed E-state index contributed by atoms with van der Waals surface area (Å²) in [5.41, 5.74) is -0.0637. The molecule has 0 fully saturated rings. The largest absolute Gasteiger partial charge is 0.383 e. The second kappa shape index (κ2) is 11.9. The molecule has 0 unspecified atom stereocenters. The van der Waals surface area contributed by atoms with E-state index >= 15 is 0 Å². The van der Waals surface area contributed by atoms with Gasteiger partial charge in [-0.2, -0.15) is 0 Å². The summed E-state index contributed by atoms with van der Waals surface area (Å²) < 4.78 is 4.88. The van der Waals surface area contributed by atoms with Crippen LogP contribution >= 0.6 is 12.4 Å². The molecule has 6 nitrogen and oxygen atoms in total. The maximum atomic E-state index is 11.5. The minimum atomic E-state index is -0.171. The first-order chi connectivity index (χ1) is 8.85. The van der Waals surface area contributed by atoms with Crippen molar-refractivity contribution in [2.45, 2.75) is 27.2 Å². The molecule has 0 radical (unpaired) electrons. The predicted molar refractivity (Wildman–Crippen MR) is 82.1 cm³/mol. The Labute approximate surface area is 127 Å². The Balaban J connectivity index is 0. The fourth-order valence-corrected chi connectivity index (χ4v) is 1.38. The Morgan fingerprint density at radius 1 is 1.00 bits per heavy atom. The summed E-state index contributed by atoms with van der Waals surface area (Å²) in [6, 6.07) is 0. The molecule has 0 saturated carbocycles. The third-order valence-corrected chi connectivity index (χ3v) is 2.24. The molecular weight excluding hydrogens is 282 g/mol. The monoisotopic (exact) mass is 309 g/mol. The van der Waals surface area contributed by atoms with Crippen molar-refractivity contribution in [3.63, 3.8) is 0 Å². The first kappa shape index (κ1) is 21.4. The summed E-state index contributed by atoms with van der Waals surface area (Å²) in [5, 5.41) is 8.44. The van der Waals surface area contributed by atoms with Crippen molar-refractivity contribution < 1.29 is 14.3 Å². The number of ether oxygens (including phenoxy) is 1. The Morgan fingerprint density at radius 2 is 1.65 bits per heavy atom. The standard InChI is InChI=1S/C13H27N3O3.ClH/c1-13(2,3)9-11(17)16-10-12(18)15-6-5-14-7-8-19-4;/h14H,5-10H2,1-4H3,(H,15,18)(H,16,17);1H. The predicted octanol–water partition coefficient (Wildman–Crippen LogP) is 0.313. The second-order valence-corrected chi connectivity index (χ2v) is 5.61. The van der Waals surface area contributed by atoms with Crippen molar-refractivity contribution in [3.8, 4) is 0 Å². The number of amides is 2. The number of hydrogen-bond donors (Lipinski definition) is 3. The highest BCUT2D eigenvalue weighted by Gasteiger charge is 2.16. The van der Waals surface area contributed by atoms with Crippen LogP contribution in [-0.2, 0) is 14.3 Å². The second-order valence-electron chi connectivity index (χ2n) is 5.61. The van der Waals surface area contributed by atoms with Crippen LogP contribution in [0.1, 0.15) is 27.2 Å². The number of carbonyl (C=O) groups is 2. The Hall–Kier alpha value is -0.850. The van der Waals surface area contributed by atoms with Gasteiger partial charge in [-0.15, -0.1) is 12.4 Å². The van der Waals surface area contributed by atoms with Crippen LogP contribution in [0.15, 0.2) is 0 Å². The van der Waals surface area contributed by atoms with Crippen LogP contribution in [0.5, 0.6) is 0 Å². The molecule has 0 aromatic carbocycles. The van der Waals surface area contributed by atoms with Crippen LogP contribution in [0.2, 0.25) is 0 Å². The van der Waals surface area contributed by atoms with Crippen LogP contribution in [0.3, 0.4) is 0 Å². The van der Waals surface area contributed by atoms with Crippen LogP contribution in [0.4, 0.5) is 0 Å². The normalized spacial score (nSPS) is 10.6. The minimum absolute atomic E-state index is 0. The van der Waals surface area contributed by atoms with Gasteiger partial charge in [0, 0.05) is 33.2 Å². The molecule has 0 bridgehead atoms. The lowest BCUT2D eigenvalue weighted by atomic mass is 9.92. The van der Waals surface area contributed by atoms with Gasteiger partial charge in [0.25, 0.3) is 0 Å². The van der Waals surface area contributed by atoms with E-state index in [1.165, 1.54) is 0 Å². The zero-order valence-corrected chi connectivity index (χ0v) is 13.7. The van der Waals surface area contributed by atoms with Crippen molar-refractivity contribution in [3.05, 3.63) is 0 Å². The first-order valence-corrected chi connectivity index (χ1v) is 6.58. The SMILES string of the molecule is COCCNCCNC(=O)CNC(=O)CC(C)(C)C.Cl. The lowest BCUT2D eigenvalue weighted by Gasteiger charge is -2.17. The summed E-state index contributed by atoms with van der Waals surface area (Å²) in [5.74, 6) is -0.267. The van der Waals surface area contributed by atoms with E-state index in [0.29, 0.717) is 26.1 Å². The zero-order valence-electron chi connectivity index (χ0n) is 12.9. The quantitative estimate of drug-likeness (QED) is 0.536. The highest BCUT2D eigenvalue weighted by atomic mass is 35.5. The van der Waals surface area contributed by atoms with Gasteiger partial charge in [-0.25, -0.2) is 0 Å². The smallest absolute Gasteiger partial charge is 0.239 e. The fraction of sp³-hybridized carbons (Fsp3) is 0.846. The molecule has 0 heterocycles. The van der Waals surface area contributed by atoms with Gasteiger partial charge in [0.2, 0.25) is 11.8 Å². The third kappa shape index (κ3) is 15.2. The van der Waals surface area contributed by atoms with Crippen molar-refractivity contribution in [2.24, 2.45) is 5.41 Å². The van der Waals surface area contributed by atoms with Gasteiger partial charge in [-0.1, -0.05) is 20.8 Å². The van der Waals surface area contributed by atoms with Crippen LogP contribution in [0.25, 0.3) is 0 Å². The maximum Gasteiger partial charge on any atom is 0.239 e. The molecule has 0 aliphatic rings. The van der Waals surface area contributed by atoms with Crippen molar-refractivity contribution in [1.29, 1.82) is 0 Å². The molecule has 7 heteroatoms. The molecule has 0 atom stereocenters. The van der Waals surface area contributed by atoms with E-state index in [4.69, 9.17) is 4.74 Å². The number of nitrogens with one attached hydrogen (secondary N) is 3. The molecule has 120 valence electrons. The summed E-state index contributed by atoms with van der Waals surface area (Å²) in [4.78, 5) is 22.9. The van der Waals surface area contributed by atoms with Crippen LogP contribution < -0.4 is 16.0 Å². The summed E-state index contributed by atoms with van der Waals surface area (Å²) in [6.07, 6.45) is 0.416. The van der Waals surface area contributed by atoms with Crippen molar-refractivity contribution in [1.82, 2.24) is 16.0 Å². The van der Waals surface area contributed by atoms with Gasteiger partial charge in [0.1, 0.15) is 0 Å².